The number of aromatic nitrogens is 4. The number of hydrogen-bond acceptors (Lipinski definition) is 7. The molecular formula is C22H20N4O4S. The van der Waals surface area contributed by atoms with E-state index in [0.29, 0.717) is 54.5 Å². The maximum Gasteiger partial charge on any atom is 0.276 e. The van der Waals surface area contributed by atoms with Crippen molar-refractivity contribution in [3.8, 4) is 17.0 Å². The van der Waals surface area contributed by atoms with Crippen LogP contribution in [0.15, 0.2) is 46.2 Å². The Morgan fingerprint density at radius 3 is 2.74 bits per heavy atom. The summed E-state index contributed by atoms with van der Waals surface area (Å²) in [6.07, 6.45) is 2.40. The summed E-state index contributed by atoms with van der Waals surface area (Å²) in [6.45, 7) is 2.16. The number of ether oxygens (including phenoxy) is 3. The average Bonchev–Trinajstić information content (AvgIpc) is 3.34. The Balaban J connectivity index is 1.48. The Hall–Kier alpha value is -2.88. The minimum atomic E-state index is -0.648. The van der Waals surface area contributed by atoms with Crippen molar-refractivity contribution in [2.75, 3.05) is 20.3 Å². The molecule has 0 saturated carbocycles. The molecule has 1 saturated heterocycles. The van der Waals surface area contributed by atoms with E-state index in [1.807, 2.05) is 35.0 Å². The van der Waals surface area contributed by atoms with Crippen LogP contribution in [0.1, 0.15) is 6.42 Å². The van der Waals surface area contributed by atoms with Gasteiger partial charge in [-0.1, -0.05) is 6.07 Å². The molecule has 0 radical (unpaired) electrons. The number of hydrogen-bond donors (Lipinski definition) is 1. The molecule has 0 unspecified atom stereocenters. The standard InChI is InChI=1S/C22H20N4O4S/c1-28-20-18(31)10-15(11-23-20)13-2-3-17-14(8-13)9-16-19(24-17)26-12-22(29-6-7-30-22)4-5-25(26)21(16)27/h2-3,8-11,31H,4-7,12H2,1H3. The number of rotatable bonds is 2. The first-order chi connectivity index (χ1) is 15.1. The summed E-state index contributed by atoms with van der Waals surface area (Å²) < 4.78 is 20.6. The average molecular weight is 436 g/mol. The van der Waals surface area contributed by atoms with E-state index < -0.39 is 5.79 Å². The summed E-state index contributed by atoms with van der Waals surface area (Å²) in [6, 6.07) is 9.80. The molecule has 0 amide bonds. The third kappa shape index (κ3) is 2.88. The van der Waals surface area contributed by atoms with Gasteiger partial charge in [-0.05, 0) is 29.8 Å². The SMILES string of the molecule is COc1ncc(-c2ccc3nc4c(cc3c2)c(=O)n2n4CC3(CC2)OCCO3)cc1S. The van der Waals surface area contributed by atoms with Crippen LogP contribution >= 0.6 is 12.6 Å². The first-order valence-corrected chi connectivity index (χ1v) is 10.6. The molecule has 0 aliphatic carbocycles. The molecule has 0 N–H and O–H groups in total. The highest BCUT2D eigenvalue weighted by Crippen LogP contribution is 2.32. The topological polar surface area (TPSA) is 80.4 Å². The molecule has 158 valence electrons. The van der Waals surface area contributed by atoms with Crippen LogP contribution in [0, 0.1) is 0 Å². The Bertz CT molecular complexity index is 1400. The van der Waals surface area contributed by atoms with Crippen molar-refractivity contribution < 1.29 is 14.2 Å². The summed E-state index contributed by atoms with van der Waals surface area (Å²) in [4.78, 5) is 22.9. The summed E-state index contributed by atoms with van der Waals surface area (Å²) in [5.74, 6) is -0.165. The van der Waals surface area contributed by atoms with Gasteiger partial charge in [0.2, 0.25) is 5.88 Å². The lowest BCUT2D eigenvalue weighted by Gasteiger charge is -2.33. The number of pyridine rings is 2. The summed E-state index contributed by atoms with van der Waals surface area (Å²) in [5.41, 5.74) is 3.32. The molecule has 9 heteroatoms. The van der Waals surface area contributed by atoms with E-state index in [2.05, 4.69) is 17.6 Å². The second kappa shape index (κ2) is 6.81. The normalized spacial score (nSPS) is 17.5. The molecule has 1 spiro atoms. The van der Waals surface area contributed by atoms with E-state index in [9.17, 15) is 4.79 Å². The largest absolute Gasteiger partial charge is 0.480 e. The van der Waals surface area contributed by atoms with E-state index >= 15 is 0 Å². The van der Waals surface area contributed by atoms with Crippen molar-refractivity contribution in [1.29, 1.82) is 0 Å². The van der Waals surface area contributed by atoms with Gasteiger partial charge in [0, 0.05) is 30.1 Å². The third-order valence-electron chi connectivity index (χ3n) is 6.06. The predicted molar refractivity (Wildman–Crippen MR) is 118 cm³/mol. The maximum atomic E-state index is 13.1. The van der Waals surface area contributed by atoms with Crippen molar-refractivity contribution in [3.63, 3.8) is 0 Å². The minimum absolute atomic E-state index is 0.0357. The number of thiol groups is 1. The highest BCUT2D eigenvalue weighted by Gasteiger charge is 2.41. The van der Waals surface area contributed by atoms with Crippen molar-refractivity contribution in [2.45, 2.75) is 30.2 Å². The Morgan fingerprint density at radius 1 is 1.13 bits per heavy atom. The lowest BCUT2D eigenvalue weighted by Crippen LogP contribution is -2.45. The van der Waals surface area contributed by atoms with Gasteiger partial charge in [0.05, 0.1) is 42.7 Å². The van der Waals surface area contributed by atoms with Crippen LogP contribution in [0.3, 0.4) is 0 Å². The van der Waals surface area contributed by atoms with Gasteiger partial charge in [-0.25, -0.2) is 14.6 Å². The molecule has 0 bridgehead atoms. The zero-order valence-electron chi connectivity index (χ0n) is 16.9. The first kappa shape index (κ1) is 18.9. The Kier molecular flexibility index (Phi) is 4.14. The van der Waals surface area contributed by atoms with Crippen molar-refractivity contribution >= 4 is 34.6 Å². The van der Waals surface area contributed by atoms with Crippen LogP contribution in [-0.4, -0.2) is 45.4 Å². The number of fused-ring (bicyclic) bond motifs is 4. The van der Waals surface area contributed by atoms with E-state index in [0.717, 1.165) is 22.0 Å². The van der Waals surface area contributed by atoms with Crippen molar-refractivity contribution in [2.24, 2.45) is 0 Å². The Morgan fingerprint density at radius 2 is 1.97 bits per heavy atom. The zero-order valence-corrected chi connectivity index (χ0v) is 17.8. The lowest BCUT2D eigenvalue weighted by molar-refractivity contribution is -0.187. The molecule has 2 aliphatic heterocycles. The number of benzene rings is 1. The van der Waals surface area contributed by atoms with Gasteiger partial charge >= 0.3 is 0 Å². The van der Waals surface area contributed by atoms with Gasteiger partial charge in [0.15, 0.2) is 11.4 Å². The van der Waals surface area contributed by atoms with E-state index in [1.165, 1.54) is 0 Å². The molecule has 3 aromatic heterocycles. The summed E-state index contributed by atoms with van der Waals surface area (Å²) in [7, 11) is 1.57. The molecule has 4 aromatic rings. The van der Waals surface area contributed by atoms with Crippen LogP contribution in [0.4, 0.5) is 0 Å². The molecule has 8 nitrogen and oxygen atoms in total. The molecule has 2 aliphatic rings. The third-order valence-corrected chi connectivity index (χ3v) is 6.38. The molecule has 6 rings (SSSR count). The lowest BCUT2D eigenvalue weighted by atomic mass is 10.0. The van der Waals surface area contributed by atoms with Gasteiger partial charge in [0.25, 0.3) is 5.56 Å². The van der Waals surface area contributed by atoms with Crippen LogP contribution < -0.4 is 10.3 Å². The van der Waals surface area contributed by atoms with E-state index in [-0.39, 0.29) is 5.56 Å². The molecule has 1 aromatic carbocycles. The fourth-order valence-corrected chi connectivity index (χ4v) is 4.81. The predicted octanol–water partition coefficient (Wildman–Crippen LogP) is 2.86. The monoisotopic (exact) mass is 436 g/mol. The zero-order chi connectivity index (χ0) is 21.2. The van der Waals surface area contributed by atoms with Crippen molar-refractivity contribution in [3.05, 3.63) is 46.9 Å². The molecule has 31 heavy (non-hydrogen) atoms. The van der Waals surface area contributed by atoms with E-state index in [4.69, 9.17) is 19.2 Å². The fraction of sp³-hybridized carbons (Fsp3) is 0.318. The minimum Gasteiger partial charge on any atom is -0.480 e. The van der Waals surface area contributed by atoms with Gasteiger partial charge in [0.1, 0.15) is 0 Å². The first-order valence-electron chi connectivity index (χ1n) is 10.1. The van der Waals surface area contributed by atoms with Gasteiger partial charge in [-0.3, -0.25) is 9.48 Å². The molecule has 5 heterocycles. The van der Waals surface area contributed by atoms with Gasteiger partial charge in [-0.2, -0.15) is 0 Å². The number of nitrogens with zero attached hydrogens (tertiary/aromatic N) is 4. The van der Waals surface area contributed by atoms with Crippen molar-refractivity contribution in [1.82, 2.24) is 19.3 Å². The van der Waals surface area contributed by atoms with E-state index in [1.54, 1.807) is 18.0 Å². The van der Waals surface area contributed by atoms with Crippen LogP contribution in [0.2, 0.25) is 0 Å². The maximum absolute atomic E-state index is 13.1. The number of methoxy groups -OCH3 is 1. The molecule has 0 atom stereocenters. The van der Waals surface area contributed by atoms with Gasteiger partial charge in [-0.15, -0.1) is 12.6 Å². The van der Waals surface area contributed by atoms with Crippen LogP contribution in [0.25, 0.3) is 33.1 Å². The highest BCUT2D eigenvalue weighted by atomic mass is 32.1. The molecule has 1 fully saturated rings. The second-order valence-electron chi connectivity index (χ2n) is 7.86. The van der Waals surface area contributed by atoms with Gasteiger partial charge < -0.3 is 14.2 Å². The molecular weight excluding hydrogens is 416 g/mol. The highest BCUT2D eigenvalue weighted by molar-refractivity contribution is 7.80. The van der Waals surface area contributed by atoms with Crippen LogP contribution in [-0.2, 0) is 22.6 Å². The Labute approximate surface area is 182 Å². The second-order valence-corrected chi connectivity index (χ2v) is 8.34. The van der Waals surface area contributed by atoms with Crippen LogP contribution in [0.5, 0.6) is 5.88 Å². The summed E-state index contributed by atoms with van der Waals surface area (Å²) >= 11 is 4.44. The fourth-order valence-electron chi connectivity index (χ4n) is 4.52. The smallest absolute Gasteiger partial charge is 0.276 e. The quantitative estimate of drug-likeness (QED) is 0.487. The summed E-state index contributed by atoms with van der Waals surface area (Å²) in [5, 5.41) is 1.49.